The third kappa shape index (κ3) is 6.25. The standard InChI is InChI=1S/C17H27ClN2O/c1-2-20(14-16-6-3-4-11-19-16)12-5-13-21-17-9-7-15(18)8-10-17/h7-10,16,19H,2-6,11-14H2,1H3. The molecule has 0 amide bonds. The smallest absolute Gasteiger partial charge is 0.119 e. The summed E-state index contributed by atoms with van der Waals surface area (Å²) in [6.45, 7) is 7.56. The van der Waals surface area contributed by atoms with Crippen molar-refractivity contribution < 1.29 is 4.74 Å². The Labute approximate surface area is 133 Å². The van der Waals surface area contributed by atoms with E-state index in [1.54, 1.807) is 0 Å². The Morgan fingerprint density at radius 2 is 2.10 bits per heavy atom. The summed E-state index contributed by atoms with van der Waals surface area (Å²) in [4.78, 5) is 2.52. The minimum absolute atomic E-state index is 0.677. The second kappa shape index (κ2) is 9.29. The van der Waals surface area contributed by atoms with E-state index in [0.717, 1.165) is 43.4 Å². The minimum atomic E-state index is 0.677. The first kappa shape index (κ1) is 16.6. The van der Waals surface area contributed by atoms with Gasteiger partial charge >= 0.3 is 0 Å². The van der Waals surface area contributed by atoms with Crippen LogP contribution in [0.25, 0.3) is 0 Å². The van der Waals surface area contributed by atoms with Gasteiger partial charge in [-0.25, -0.2) is 0 Å². The van der Waals surface area contributed by atoms with E-state index >= 15 is 0 Å². The van der Waals surface area contributed by atoms with Crippen molar-refractivity contribution in [2.24, 2.45) is 0 Å². The molecule has 1 saturated heterocycles. The maximum Gasteiger partial charge on any atom is 0.119 e. The van der Waals surface area contributed by atoms with Crippen LogP contribution in [0.1, 0.15) is 32.6 Å². The summed E-state index contributed by atoms with van der Waals surface area (Å²) in [5.74, 6) is 0.899. The Morgan fingerprint density at radius 1 is 1.29 bits per heavy atom. The van der Waals surface area contributed by atoms with Crippen molar-refractivity contribution in [2.75, 3.05) is 32.8 Å². The second-order valence-corrected chi connectivity index (χ2v) is 6.13. The van der Waals surface area contributed by atoms with Gasteiger partial charge in [-0.05, 0) is 56.6 Å². The molecule has 1 unspecified atom stereocenters. The highest BCUT2D eigenvalue weighted by atomic mass is 35.5. The molecule has 2 rings (SSSR count). The number of piperidine rings is 1. The third-order valence-electron chi connectivity index (χ3n) is 4.04. The molecule has 1 aromatic carbocycles. The Bertz CT molecular complexity index is 390. The fourth-order valence-corrected chi connectivity index (χ4v) is 2.90. The number of halogens is 1. The summed E-state index contributed by atoms with van der Waals surface area (Å²) in [5.41, 5.74) is 0. The van der Waals surface area contributed by atoms with Gasteiger partial charge in [-0.15, -0.1) is 0 Å². The van der Waals surface area contributed by atoms with Crippen LogP contribution in [0.3, 0.4) is 0 Å². The van der Waals surface area contributed by atoms with E-state index in [4.69, 9.17) is 16.3 Å². The van der Waals surface area contributed by atoms with Gasteiger partial charge in [0.2, 0.25) is 0 Å². The highest BCUT2D eigenvalue weighted by Gasteiger charge is 2.15. The SMILES string of the molecule is CCN(CCCOc1ccc(Cl)cc1)CC1CCCCN1. The molecule has 1 aliphatic rings. The van der Waals surface area contributed by atoms with Crippen LogP contribution in [0.4, 0.5) is 0 Å². The van der Waals surface area contributed by atoms with Gasteiger partial charge in [0, 0.05) is 24.2 Å². The molecule has 0 spiro atoms. The first-order valence-electron chi connectivity index (χ1n) is 8.12. The van der Waals surface area contributed by atoms with E-state index in [-0.39, 0.29) is 0 Å². The molecular weight excluding hydrogens is 284 g/mol. The van der Waals surface area contributed by atoms with Crippen molar-refractivity contribution in [3.63, 3.8) is 0 Å². The number of nitrogens with zero attached hydrogens (tertiary/aromatic N) is 1. The van der Waals surface area contributed by atoms with E-state index in [0.29, 0.717) is 6.04 Å². The largest absolute Gasteiger partial charge is 0.494 e. The van der Waals surface area contributed by atoms with Crippen molar-refractivity contribution in [2.45, 2.75) is 38.6 Å². The molecule has 1 N–H and O–H groups in total. The van der Waals surface area contributed by atoms with E-state index in [9.17, 15) is 0 Å². The number of likely N-dealkylation sites (N-methyl/N-ethyl adjacent to an activating group) is 1. The lowest BCUT2D eigenvalue weighted by molar-refractivity contribution is 0.211. The van der Waals surface area contributed by atoms with Gasteiger partial charge in [0.25, 0.3) is 0 Å². The monoisotopic (exact) mass is 310 g/mol. The van der Waals surface area contributed by atoms with Crippen molar-refractivity contribution >= 4 is 11.6 Å². The van der Waals surface area contributed by atoms with Gasteiger partial charge in [0.15, 0.2) is 0 Å². The number of benzene rings is 1. The van der Waals surface area contributed by atoms with Crippen LogP contribution in [0.15, 0.2) is 24.3 Å². The minimum Gasteiger partial charge on any atom is -0.494 e. The molecule has 0 radical (unpaired) electrons. The van der Waals surface area contributed by atoms with Crippen LogP contribution in [-0.2, 0) is 0 Å². The van der Waals surface area contributed by atoms with Gasteiger partial charge in [-0.3, -0.25) is 0 Å². The van der Waals surface area contributed by atoms with Gasteiger partial charge in [0.05, 0.1) is 6.61 Å². The third-order valence-corrected chi connectivity index (χ3v) is 4.29. The summed E-state index contributed by atoms with van der Waals surface area (Å²) in [7, 11) is 0. The Hall–Kier alpha value is -0.770. The first-order chi connectivity index (χ1) is 10.3. The van der Waals surface area contributed by atoms with Crippen LogP contribution in [-0.4, -0.2) is 43.7 Å². The maximum absolute atomic E-state index is 5.86. The van der Waals surface area contributed by atoms with E-state index in [1.165, 1.54) is 25.8 Å². The summed E-state index contributed by atoms with van der Waals surface area (Å²) >= 11 is 5.86. The van der Waals surface area contributed by atoms with Crippen molar-refractivity contribution in [3.05, 3.63) is 29.3 Å². The van der Waals surface area contributed by atoms with Crippen molar-refractivity contribution in [3.8, 4) is 5.75 Å². The van der Waals surface area contributed by atoms with Gasteiger partial charge < -0.3 is 15.0 Å². The first-order valence-corrected chi connectivity index (χ1v) is 8.50. The van der Waals surface area contributed by atoms with Crippen LogP contribution >= 0.6 is 11.6 Å². The summed E-state index contributed by atoms with van der Waals surface area (Å²) < 4.78 is 5.74. The Kier molecular flexibility index (Phi) is 7.34. The zero-order valence-corrected chi connectivity index (χ0v) is 13.7. The molecule has 21 heavy (non-hydrogen) atoms. The lowest BCUT2D eigenvalue weighted by atomic mass is 10.0. The molecule has 0 bridgehead atoms. The van der Waals surface area contributed by atoms with Crippen LogP contribution in [0.2, 0.25) is 5.02 Å². The Balaban J connectivity index is 1.62. The predicted molar refractivity (Wildman–Crippen MR) is 89.3 cm³/mol. The number of nitrogens with one attached hydrogen (secondary N) is 1. The summed E-state index contributed by atoms with van der Waals surface area (Å²) in [6, 6.07) is 8.25. The molecule has 1 aliphatic heterocycles. The van der Waals surface area contributed by atoms with Crippen LogP contribution in [0, 0.1) is 0 Å². The molecule has 1 atom stereocenters. The second-order valence-electron chi connectivity index (χ2n) is 5.70. The molecule has 118 valence electrons. The van der Waals surface area contributed by atoms with Crippen LogP contribution in [0.5, 0.6) is 5.75 Å². The van der Waals surface area contributed by atoms with E-state index in [2.05, 4.69) is 17.1 Å². The van der Waals surface area contributed by atoms with Gasteiger partial charge in [0.1, 0.15) is 5.75 Å². The summed E-state index contributed by atoms with van der Waals surface area (Å²) in [6.07, 6.45) is 5.08. The normalized spacial score (nSPS) is 18.9. The van der Waals surface area contributed by atoms with E-state index < -0.39 is 0 Å². The fraction of sp³-hybridized carbons (Fsp3) is 0.647. The molecular formula is C17H27ClN2O. The fourth-order valence-electron chi connectivity index (χ4n) is 2.78. The number of hydrogen-bond acceptors (Lipinski definition) is 3. The topological polar surface area (TPSA) is 24.5 Å². The number of ether oxygens (including phenoxy) is 1. The van der Waals surface area contributed by atoms with Crippen molar-refractivity contribution in [1.82, 2.24) is 10.2 Å². The Morgan fingerprint density at radius 3 is 2.76 bits per heavy atom. The maximum atomic E-state index is 5.86. The molecule has 4 heteroatoms. The quantitative estimate of drug-likeness (QED) is 0.743. The van der Waals surface area contributed by atoms with Gasteiger partial charge in [-0.2, -0.15) is 0 Å². The highest BCUT2D eigenvalue weighted by Crippen LogP contribution is 2.15. The lowest BCUT2D eigenvalue weighted by Crippen LogP contribution is -2.44. The zero-order chi connectivity index (χ0) is 14.9. The predicted octanol–water partition coefficient (Wildman–Crippen LogP) is 3.57. The molecule has 1 heterocycles. The van der Waals surface area contributed by atoms with E-state index in [1.807, 2.05) is 24.3 Å². The number of rotatable bonds is 8. The average molecular weight is 311 g/mol. The van der Waals surface area contributed by atoms with Gasteiger partial charge in [-0.1, -0.05) is 24.9 Å². The average Bonchev–Trinajstić information content (AvgIpc) is 2.53. The molecule has 0 saturated carbocycles. The molecule has 1 fully saturated rings. The molecule has 0 aliphatic carbocycles. The lowest BCUT2D eigenvalue weighted by Gasteiger charge is -2.29. The molecule has 0 aromatic heterocycles. The zero-order valence-electron chi connectivity index (χ0n) is 13.0. The van der Waals surface area contributed by atoms with Crippen molar-refractivity contribution in [1.29, 1.82) is 0 Å². The highest BCUT2D eigenvalue weighted by molar-refractivity contribution is 6.30. The molecule has 3 nitrogen and oxygen atoms in total. The number of hydrogen-bond donors (Lipinski definition) is 1. The van der Waals surface area contributed by atoms with Crippen LogP contribution < -0.4 is 10.1 Å². The summed E-state index contributed by atoms with van der Waals surface area (Å²) in [5, 5.41) is 4.37. The molecule has 1 aromatic rings.